The van der Waals surface area contributed by atoms with E-state index in [1.54, 1.807) is 34.9 Å². The molecule has 1 aliphatic heterocycles. The number of rotatable bonds is 9. The molecule has 0 fully saturated rings. The fourth-order valence-electron chi connectivity index (χ4n) is 5.43. The van der Waals surface area contributed by atoms with Gasteiger partial charge in [0.15, 0.2) is 11.5 Å². The minimum atomic E-state index is -0.727. The van der Waals surface area contributed by atoms with E-state index in [4.69, 9.17) is 14.2 Å². The number of anilines is 1. The van der Waals surface area contributed by atoms with Crippen molar-refractivity contribution in [2.45, 2.75) is 38.4 Å². The molecular formula is C31H31N5O5. The number of hydrogen-bond acceptors (Lipinski definition) is 7. The van der Waals surface area contributed by atoms with Crippen LogP contribution in [0.15, 0.2) is 78.9 Å². The van der Waals surface area contributed by atoms with Crippen molar-refractivity contribution >= 4 is 28.5 Å². The lowest BCUT2D eigenvalue weighted by atomic mass is 9.85. The van der Waals surface area contributed by atoms with Crippen molar-refractivity contribution < 1.29 is 23.8 Å². The molecule has 41 heavy (non-hydrogen) atoms. The molecule has 10 nitrogen and oxygen atoms in total. The molecule has 2 unspecified atom stereocenters. The first-order valence-electron chi connectivity index (χ1n) is 13.6. The first-order valence-corrected chi connectivity index (χ1v) is 13.6. The van der Waals surface area contributed by atoms with Crippen molar-refractivity contribution in [1.29, 1.82) is 0 Å². The van der Waals surface area contributed by atoms with Gasteiger partial charge in [-0.25, -0.2) is 4.68 Å². The van der Waals surface area contributed by atoms with Crippen LogP contribution in [0.4, 0.5) is 5.69 Å². The summed E-state index contributed by atoms with van der Waals surface area (Å²) in [5.74, 6) is 1.38. The van der Waals surface area contributed by atoms with E-state index in [2.05, 4.69) is 27.8 Å². The molecule has 0 saturated carbocycles. The van der Waals surface area contributed by atoms with Crippen molar-refractivity contribution in [3.05, 3.63) is 84.4 Å². The molecule has 2 aliphatic rings. The average molecular weight is 554 g/mol. The van der Waals surface area contributed by atoms with Crippen LogP contribution in [0.1, 0.15) is 24.8 Å². The number of benzene rings is 3. The van der Waals surface area contributed by atoms with Crippen molar-refractivity contribution in [1.82, 2.24) is 19.9 Å². The first-order chi connectivity index (χ1) is 20.1. The Balaban J connectivity index is 1.34. The molecule has 0 bridgehead atoms. The lowest BCUT2D eigenvalue weighted by molar-refractivity contribution is -0.142. The van der Waals surface area contributed by atoms with Gasteiger partial charge < -0.3 is 24.4 Å². The normalized spacial score (nSPS) is 16.4. The number of para-hydroxylation sites is 1. The highest BCUT2D eigenvalue weighted by Crippen LogP contribution is 2.35. The molecule has 210 valence electrons. The van der Waals surface area contributed by atoms with Gasteiger partial charge in [-0.05, 0) is 67.1 Å². The number of nitrogens with zero attached hydrogens (tertiary/aromatic N) is 4. The summed E-state index contributed by atoms with van der Waals surface area (Å²) in [6, 6.07) is 19.6. The largest absolute Gasteiger partial charge is 0.497 e. The van der Waals surface area contributed by atoms with Crippen LogP contribution < -0.4 is 19.5 Å². The minimum absolute atomic E-state index is 0.0486. The summed E-state index contributed by atoms with van der Waals surface area (Å²) in [7, 11) is 1.61. The highest BCUT2D eigenvalue weighted by atomic mass is 16.7. The Morgan fingerprint density at radius 3 is 2.71 bits per heavy atom. The second-order valence-electron chi connectivity index (χ2n) is 10.2. The molecule has 6 rings (SSSR count). The predicted octanol–water partition coefficient (Wildman–Crippen LogP) is 4.56. The fourth-order valence-corrected chi connectivity index (χ4v) is 5.43. The smallest absolute Gasteiger partial charge is 0.247 e. The molecule has 2 heterocycles. The van der Waals surface area contributed by atoms with Gasteiger partial charge in [0.05, 0.1) is 12.6 Å². The number of amides is 2. The summed E-state index contributed by atoms with van der Waals surface area (Å²) < 4.78 is 17.8. The molecule has 1 aromatic heterocycles. The number of hydrogen-bond donors (Lipinski definition) is 1. The van der Waals surface area contributed by atoms with E-state index in [1.165, 1.54) is 0 Å². The van der Waals surface area contributed by atoms with Crippen LogP contribution in [0, 0.1) is 5.92 Å². The number of carbonyl (C=O) groups excluding carboxylic acids is 2. The first kappa shape index (κ1) is 26.4. The van der Waals surface area contributed by atoms with E-state index in [0.29, 0.717) is 29.1 Å². The van der Waals surface area contributed by atoms with Gasteiger partial charge in [-0.15, -0.1) is 5.10 Å². The van der Waals surface area contributed by atoms with Crippen LogP contribution in [0.25, 0.3) is 11.0 Å². The molecule has 10 heteroatoms. The number of ether oxygens (including phenoxy) is 3. The summed E-state index contributed by atoms with van der Waals surface area (Å²) in [5.41, 5.74) is 2.92. The maximum Gasteiger partial charge on any atom is 0.247 e. The Bertz CT molecular complexity index is 1580. The number of allylic oxidation sites excluding steroid dienone is 2. The lowest BCUT2D eigenvalue weighted by Crippen LogP contribution is -2.52. The van der Waals surface area contributed by atoms with Crippen LogP contribution in [0.2, 0.25) is 0 Å². The van der Waals surface area contributed by atoms with Crippen molar-refractivity contribution in [2.24, 2.45) is 5.92 Å². The molecule has 2 amide bonds. The van der Waals surface area contributed by atoms with E-state index < -0.39 is 6.04 Å². The van der Waals surface area contributed by atoms with E-state index in [-0.39, 0.29) is 37.6 Å². The quantitative estimate of drug-likeness (QED) is 0.303. The molecule has 4 aromatic rings. The van der Waals surface area contributed by atoms with Crippen LogP contribution in [0.3, 0.4) is 0 Å². The summed E-state index contributed by atoms with van der Waals surface area (Å²) in [4.78, 5) is 29.9. The Labute approximate surface area is 237 Å². The van der Waals surface area contributed by atoms with E-state index in [9.17, 15) is 9.59 Å². The van der Waals surface area contributed by atoms with Crippen LogP contribution in [0.5, 0.6) is 17.2 Å². The molecule has 3 aromatic carbocycles. The Morgan fingerprint density at radius 2 is 1.90 bits per heavy atom. The molecule has 0 spiro atoms. The van der Waals surface area contributed by atoms with Gasteiger partial charge in [-0.2, -0.15) is 0 Å². The van der Waals surface area contributed by atoms with E-state index in [1.807, 2.05) is 48.5 Å². The second-order valence-corrected chi connectivity index (χ2v) is 10.2. The predicted molar refractivity (Wildman–Crippen MR) is 153 cm³/mol. The maximum atomic E-state index is 14.2. The van der Waals surface area contributed by atoms with E-state index in [0.717, 1.165) is 29.7 Å². The average Bonchev–Trinajstić information content (AvgIpc) is 3.64. The topological polar surface area (TPSA) is 108 Å². The highest BCUT2D eigenvalue weighted by Gasteiger charge is 2.37. The van der Waals surface area contributed by atoms with E-state index >= 15 is 0 Å². The van der Waals surface area contributed by atoms with Gasteiger partial charge >= 0.3 is 0 Å². The van der Waals surface area contributed by atoms with Gasteiger partial charge in [-0.3, -0.25) is 9.59 Å². The van der Waals surface area contributed by atoms with Crippen LogP contribution >= 0.6 is 0 Å². The summed E-state index contributed by atoms with van der Waals surface area (Å²) in [6.07, 6.45) is 6.54. The molecule has 1 N–H and O–H groups in total. The SMILES string of the molecule is COc1ccc(CN(C(=O)Cn2nnc3ccccc32)C(C(=O)Nc2ccc3c(c2)OCO3)C2CC=CCC2)cc1. The highest BCUT2D eigenvalue weighted by molar-refractivity contribution is 5.98. The molecule has 0 saturated heterocycles. The third kappa shape index (κ3) is 5.72. The van der Waals surface area contributed by atoms with Crippen LogP contribution in [-0.2, 0) is 22.7 Å². The van der Waals surface area contributed by atoms with Gasteiger partial charge in [0.2, 0.25) is 18.6 Å². The van der Waals surface area contributed by atoms with Crippen molar-refractivity contribution in [3.8, 4) is 17.2 Å². The fraction of sp³-hybridized carbons (Fsp3) is 0.290. The molecule has 0 radical (unpaired) electrons. The second kappa shape index (κ2) is 11.7. The van der Waals surface area contributed by atoms with Crippen molar-refractivity contribution in [3.63, 3.8) is 0 Å². The van der Waals surface area contributed by atoms with Crippen LogP contribution in [-0.4, -0.2) is 51.7 Å². The molecule has 1 aliphatic carbocycles. The number of fused-ring (bicyclic) bond motifs is 2. The number of aromatic nitrogens is 3. The Kier molecular flexibility index (Phi) is 7.53. The summed E-state index contributed by atoms with van der Waals surface area (Å²) >= 11 is 0. The van der Waals surface area contributed by atoms with Crippen molar-refractivity contribution in [2.75, 3.05) is 19.2 Å². The third-order valence-electron chi connectivity index (χ3n) is 7.54. The minimum Gasteiger partial charge on any atom is -0.497 e. The van der Waals surface area contributed by atoms with Gasteiger partial charge in [-0.1, -0.05) is 41.6 Å². The summed E-state index contributed by atoms with van der Waals surface area (Å²) in [5, 5.41) is 11.5. The van der Waals surface area contributed by atoms with Gasteiger partial charge in [0, 0.05) is 18.3 Å². The maximum absolute atomic E-state index is 14.2. The zero-order chi connectivity index (χ0) is 28.2. The van der Waals surface area contributed by atoms with Gasteiger partial charge in [0.1, 0.15) is 23.9 Å². The van der Waals surface area contributed by atoms with Gasteiger partial charge in [0.25, 0.3) is 0 Å². The third-order valence-corrected chi connectivity index (χ3v) is 7.54. The standard InChI is InChI=1S/C31H31N5O5/c1-39-24-14-11-21(12-15-24)18-35(29(37)19-36-26-10-6-5-9-25(26)33-34-36)30(22-7-3-2-4-8-22)31(38)32-23-13-16-27-28(17-23)41-20-40-27/h2-3,5-6,9-17,22,30H,4,7-8,18-20H2,1H3,(H,32,38). The summed E-state index contributed by atoms with van der Waals surface area (Å²) in [6.45, 7) is 0.340. The zero-order valence-corrected chi connectivity index (χ0v) is 22.7. The lowest BCUT2D eigenvalue weighted by Gasteiger charge is -2.37. The number of carbonyl (C=O) groups is 2. The monoisotopic (exact) mass is 553 g/mol. The number of nitrogens with one attached hydrogen (secondary N) is 1. The Morgan fingerprint density at radius 1 is 1.07 bits per heavy atom. The zero-order valence-electron chi connectivity index (χ0n) is 22.7. The number of methoxy groups -OCH3 is 1. The molecule has 2 atom stereocenters. The molecular weight excluding hydrogens is 522 g/mol. The Hall–Kier alpha value is -4.86.